The lowest BCUT2D eigenvalue weighted by Crippen LogP contribution is -2.47. The first-order valence-electron chi connectivity index (χ1n) is 6.77. The van der Waals surface area contributed by atoms with Crippen molar-refractivity contribution < 1.29 is 32.3 Å². The lowest BCUT2D eigenvalue weighted by Gasteiger charge is -2.27. The predicted molar refractivity (Wildman–Crippen MR) is 69.4 cm³/mol. The van der Waals surface area contributed by atoms with Gasteiger partial charge in [-0.1, -0.05) is 13.8 Å². The molecule has 5 nitrogen and oxygen atoms in total. The molecule has 2 heterocycles. The van der Waals surface area contributed by atoms with Crippen LogP contribution in [-0.4, -0.2) is 41.1 Å². The van der Waals surface area contributed by atoms with Crippen molar-refractivity contribution in [3.63, 3.8) is 0 Å². The molecule has 1 saturated heterocycles. The van der Waals surface area contributed by atoms with Gasteiger partial charge in [-0.15, -0.1) is 0 Å². The molecule has 1 amide bonds. The van der Waals surface area contributed by atoms with Gasteiger partial charge in [-0.3, -0.25) is 9.59 Å². The third-order valence-electron chi connectivity index (χ3n) is 4.02. The number of carboxylic acid groups (broad SMARTS) is 1. The van der Waals surface area contributed by atoms with Crippen LogP contribution in [0.15, 0.2) is 16.7 Å². The number of carbonyl (C=O) groups is 2. The van der Waals surface area contributed by atoms with Crippen LogP contribution in [0, 0.1) is 5.41 Å². The van der Waals surface area contributed by atoms with Crippen molar-refractivity contribution in [2.45, 2.75) is 32.4 Å². The molecular weight excluding hydrogens is 303 g/mol. The van der Waals surface area contributed by atoms with E-state index in [1.54, 1.807) is 6.07 Å². The quantitative estimate of drug-likeness (QED) is 0.930. The molecule has 1 atom stereocenters. The highest BCUT2D eigenvalue weighted by atomic mass is 19.4. The van der Waals surface area contributed by atoms with Gasteiger partial charge in [-0.2, -0.15) is 13.2 Å². The van der Waals surface area contributed by atoms with Crippen LogP contribution in [-0.2, 0) is 4.79 Å². The normalized spacial score (nSPS) is 22.4. The molecule has 0 bridgehead atoms. The monoisotopic (exact) mass is 319 g/mol. The lowest BCUT2D eigenvalue weighted by molar-refractivity contribution is -0.227. The van der Waals surface area contributed by atoms with Gasteiger partial charge >= 0.3 is 12.1 Å². The Labute approximate surface area is 124 Å². The Bertz CT molecular complexity index is 593. The largest absolute Gasteiger partial charge is 0.481 e. The molecule has 0 aliphatic carbocycles. The molecule has 0 spiro atoms. The molecule has 2 rings (SSSR count). The molecule has 1 aromatic rings. The summed E-state index contributed by atoms with van der Waals surface area (Å²) in [7, 11) is 0. The first-order valence-corrected chi connectivity index (χ1v) is 6.77. The second-order valence-corrected chi connectivity index (χ2v) is 5.72. The number of rotatable bonds is 3. The van der Waals surface area contributed by atoms with Crippen LogP contribution in [0.25, 0.3) is 0 Å². The van der Waals surface area contributed by atoms with E-state index in [-0.39, 0.29) is 18.2 Å². The molecule has 122 valence electrons. The van der Waals surface area contributed by atoms with E-state index in [1.165, 1.54) is 6.26 Å². The summed E-state index contributed by atoms with van der Waals surface area (Å²) in [5.74, 6) is -2.73. The van der Waals surface area contributed by atoms with Crippen LogP contribution in [0.3, 0.4) is 0 Å². The number of aliphatic carboxylic acids is 1. The maximum atomic E-state index is 13.1. The number of amides is 1. The minimum absolute atomic E-state index is 0.0293. The maximum absolute atomic E-state index is 13.1. The molecular formula is C14H16F3NO4. The van der Waals surface area contributed by atoms with E-state index in [4.69, 9.17) is 9.52 Å². The first kappa shape index (κ1) is 16.4. The molecule has 1 fully saturated rings. The zero-order valence-electron chi connectivity index (χ0n) is 12.1. The summed E-state index contributed by atoms with van der Waals surface area (Å²) in [6, 6.07) is 1.59. The highest BCUT2D eigenvalue weighted by molar-refractivity contribution is 5.94. The molecule has 22 heavy (non-hydrogen) atoms. The molecule has 1 unspecified atom stereocenters. The van der Waals surface area contributed by atoms with Crippen molar-refractivity contribution in [2.24, 2.45) is 5.41 Å². The highest BCUT2D eigenvalue weighted by Crippen LogP contribution is 2.46. The molecule has 1 aliphatic heterocycles. The summed E-state index contributed by atoms with van der Waals surface area (Å²) in [6.07, 6.45) is -4.28. The third-order valence-corrected chi connectivity index (χ3v) is 4.02. The highest BCUT2D eigenvalue weighted by Gasteiger charge is 2.64. The van der Waals surface area contributed by atoms with E-state index in [9.17, 15) is 22.8 Å². The van der Waals surface area contributed by atoms with Crippen molar-refractivity contribution >= 4 is 11.9 Å². The van der Waals surface area contributed by atoms with Gasteiger partial charge in [0, 0.05) is 18.7 Å². The Morgan fingerprint density at radius 3 is 2.50 bits per heavy atom. The van der Waals surface area contributed by atoms with Gasteiger partial charge in [0.25, 0.3) is 5.91 Å². The van der Waals surface area contributed by atoms with E-state index in [1.807, 2.05) is 13.8 Å². The zero-order valence-corrected chi connectivity index (χ0v) is 12.1. The van der Waals surface area contributed by atoms with Gasteiger partial charge in [-0.25, -0.2) is 0 Å². The zero-order chi connectivity index (χ0) is 16.7. The van der Waals surface area contributed by atoms with Crippen LogP contribution in [0.1, 0.15) is 42.3 Å². The summed E-state index contributed by atoms with van der Waals surface area (Å²) in [5.41, 5.74) is -2.32. The fourth-order valence-corrected chi connectivity index (χ4v) is 2.60. The summed E-state index contributed by atoms with van der Waals surface area (Å²) in [6.45, 7) is 2.47. The molecule has 0 aromatic carbocycles. The number of likely N-dealkylation sites (tertiary alicyclic amines) is 1. The van der Waals surface area contributed by atoms with Crippen molar-refractivity contribution in [3.05, 3.63) is 23.7 Å². The van der Waals surface area contributed by atoms with Gasteiger partial charge < -0.3 is 14.4 Å². The number of alkyl halides is 3. The van der Waals surface area contributed by atoms with E-state index in [2.05, 4.69) is 0 Å². The average molecular weight is 319 g/mol. The van der Waals surface area contributed by atoms with E-state index in [0.717, 1.165) is 4.90 Å². The number of nitrogens with zero attached hydrogens (tertiary/aromatic N) is 1. The Kier molecular flexibility index (Phi) is 3.97. The topological polar surface area (TPSA) is 70.8 Å². The van der Waals surface area contributed by atoms with Crippen LogP contribution in [0.4, 0.5) is 13.2 Å². The number of carboxylic acids is 1. The summed E-state index contributed by atoms with van der Waals surface area (Å²) >= 11 is 0. The van der Waals surface area contributed by atoms with Crippen LogP contribution in [0.2, 0.25) is 0 Å². The van der Waals surface area contributed by atoms with Crippen molar-refractivity contribution in [3.8, 4) is 0 Å². The van der Waals surface area contributed by atoms with Crippen molar-refractivity contribution in [1.29, 1.82) is 0 Å². The van der Waals surface area contributed by atoms with E-state index >= 15 is 0 Å². The summed E-state index contributed by atoms with van der Waals surface area (Å²) in [5, 5.41) is 8.99. The van der Waals surface area contributed by atoms with Crippen molar-refractivity contribution in [1.82, 2.24) is 4.90 Å². The minimum atomic E-state index is -4.92. The number of carbonyl (C=O) groups excluding carboxylic acids is 1. The van der Waals surface area contributed by atoms with Gasteiger partial charge in [0.1, 0.15) is 0 Å². The van der Waals surface area contributed by atoms with E-state index in [0.29, 0.717) is 5.56 Å². The van der Waals surface area contributed by atoms with Crippen LogP contribution in [0.5, 0.6) is 0 Å². The lowest BCUT2D eigenvalue weighted by atomic mass is 9.86. The Morgan fingerprint density at radius 2 is 2.05 bits per heavy atom. The van der Waals surface area contributed by atoms with Crippen LogP contribution < -0.4 is 0 Å². The number of halogens is 3. The van der Waals surface area contributed by atoms with Crippen LogP contribution >= 0.6 is 0 Å². The number of furan rings is 1. The predicted octanol–water partition coefficient (Wildman–Crippen LogP) is 2.88. The average Bonchev–Trinajstić information content (AvgIpc) is 3.04. The Morgan fingerprint density at radius 1 is 1.41 bits per heavy atom. The second-order valence-electron chi connectivity index (χ2n) is 5.72. The molecule has 8 heteroatoms. The number of hydrogen-bond donors (Lipinski definition) is 1. The SMILES string of the molecule is CC(C)c1ccoc1C(=O)N1CCC(C(=O)O)(C(F)(F)F)C1. The molecule has 1 aliphatic rings. The molecule has 1 aromatic heterocycles. The maximum Gasteiger partial charge on any atom is 0.406 e. The molecule has 0 saturated carbocycles. The van der Waals surface area contributed by atoms with Gasteiger partial charge in [0.2, 0.25) is 0 Å². The standard InChI is InChI=1S/C14H16F3NO4/c1-8(2)9-3-6-22-10(9)11(19)18-5-4-13(7-18,12(20)21)14(15,16)17/h3,6,8H,4-5,7H2,1-2H3,(H,20,21). The van der Waals surface area contributed by atoms with Crippen molar-refractivity contribution in [2.75, 3.05) is 13.1 Å². The van der Waals surface area contributed by atoms with Gasteiger partial charge in [0.15, 0.2) is 11.2 Å². The molecule has 0 radical (unpaired) electrons. The fourth-order valence-electron chi connectivity index (χ4n) is 2.60. The second kappa shape index (κ2) is 5.33. The molecule has 1 N–H and O–H groups in total. The smallest absolute Gasteiger partial charge is 0.406 e. The Balaban J connectivity index is 2.28. The minimum Gasteiger partial charge on any atom is -0.481 e. The Hall–Kier alpha value is -1.99. The van der Waals surface area contributed by atoms with Gasteiger partial charge in [-0.05, 0) is 18.4 Å². The fraction of sp³-hybridized carbons (Fsp3) is 0.571. The summed E-state index contributed by atoms with van der Waals surface area (Å²) in [4.78, 5) is 24.4. The third kappa shape index (κ3) is 2.46. The van der Waals surface area contributed by atoms with E-state index < -0.39 is 36.4 Å². The number of hydrogen-bond acceptors (Lipinski definition) is 3. The van der Waals surface area contributed by atoms with Gasteiger partial charge in [0.05, 0.1) is 6.26 Å². The first-order chi connectivity index (χ1) is 10.1. The summed E-state index contributed by atoms with van der Waals surface area (Å²) < 4.78 is 44.4.